The Bertz CT molecular complexity index is 4540. The van der Waals surface area contributed by atoms with E-state index in [0.29, 0.717) is 22.2 Å². The predicted molar refractivity (Wildman–Crippen MR) is 439 cm³/mol. The molecule has 0 saturated carbocycles. The lowest BCUT2D eigenvalue weighted by Crippen LogP contribution is -2.28. The number of hydrogen-bond acceptors (Lipinski definition) is 23. The predicted octanol–water partition coefficient (Wildman–Crippen LogP) is 16.6. The van der Waals surface area contributed by atoms with E-state index >= 15 is 0 Å². The molecule has 0 unspecified atom stereocenters. The topological polar surface area (TPSA) is 513 Å². The highest BCUT2D eigenvalue weighted by Crippen LogP contribution is 2.29. The number of carbonyl (C=O) groups excluding carboxylic acids is 1. The van der Waals surface area contributed by atoms with Crippen LogP contribution in [0.3, 0.4) is 0 Å². The lowest BCUT2D eigenvalue weighted by molar-refractivity contribution is -0.384. The number of aldehydes is 1. The van der Waals surface area contributed by atoms with Gasteiger partial charge in [0.05, 0.1) is 48.4 Å². The van der Waals surface area contributed by atoms with Gasteiger partial charge in [-0.3, -0.25) is 45.4 Å². The first kappa shape index (κ1) is 98.0. The maximum absolute atomic E-state index is 11.2. The molecule has 0 aliphatic carbocycles. The Kier molecular flexibility index (Phi) is 50.2. The van der Waals surface area contributed by atoms with Crippen molar-refractivity contribution in [3.8, 4) is 0 Å². The first-order chi connectivity index (χ1) is 52.4. The first-order valence-electron chi connectivity index (χ1n) is 34.3. The highest BCUT2D eigenvalue weighted by atomic mass is 35.5. The number of likely N-dealkylation sites (N-methyl/N-ethyl adjacent to an activating group) is 3. The maximum Gasteiger partial charge on any atom is 0.295 e. The highest BCUT2D eigenvalue weighted by molar-refractivity contribution is 6.13. The Hall–Kier alpha value is -12.0. The van der Waals surface area contributed by atoms with Gasteiger partial charge >= 0.3 is 0 Å². The van der Waals surface area contributed by atoms with Crippen LogP contribution in [0.4, 0.5) is 34.1 Å². The lowest BCUT2D eigenvalue weighted by atomic mass is 10.1. The number of benzene rings is 5. The van der Waals surface area contributed by atoms with Gasteiger partial charge in [0.25, 0.3) is 22.7 Å². The number of nitrogens with one attached hydrogen (secondary N) is 3. The second kappa shape index (κ2) is 56.3. The quantitative estimate of drug-likeness (QED) is 0.00817. The number of hydrogen-bond donors (Lipinski definition) is 6. The van der Waals surface area contributed by atoms with E-state index in [4.69, 9.17) is 42.3 Å². The van der Waals surface area contributed by atoms with E-state index in [1.165, 1.54) is 30.7 Å². The molecule has 0 aliphatic rings. The van der Waals surface area contributed by atoms with E-state index in [0.717, 1.165) is 144 Å². The molecule has 0 radical (unpaired) electrons. The Labute approximate surface area is 649 Å². The van der Waals surface area contributed by atoms with E-state index in [2.05, 4.69) is 148 Å². The molecule has 9 N–H and O–H groups in total. The molecule has 38 heteroatoms. The number of nitrogens with zero attached hydrogens (tertiary/aromatic N) is 22. The minimum atomic E-state index is -0.484. The molecule has 596 valence electrons. The van der Waals surface area contributed by atoms with Crippen LogP contribution in [0.15, 0.2) is 179 Å². The third-order valence-corrected chi connectivity index (χ3v) is 13.8. The zero-order valence-electron chi connectivity index (χ0n) is 65.5. The number of non-ortho nitro benzene ring substituents is 3. The van der Waals surface area contributed by atoms with Gasteiger partial charge in [-0.2, -0.15) is 5.53 Å². The Morgan fingerprint density at radius 3 is 1.23 bits per heavy atom. The van der Waals surface area contributed by atoms with Crippen molar-refractivity contribution in [2.45, 2.75) is 90.0 Å². The molecular formula is C72H107ClN28O9. The molecule has 5 aromatic carbocycles. The van der Waals surface area contributed by atoms with Crippen LogP contribution in [0.5, 0.6) is 0 Å². The fourth-order valence-corrected chi connectivity index (χ4v) is 9.06. The minimum absolute atomic E-state index is 0. The van der Waals surface area contributed by atoms with Crippen molar-refractivity contribution in [2.75, 3.05) is 106 Å². The number of aryl methyl sites for hydroxylation is 6. The van der Waals surface area contributed by atoms with Crippen molar-refractivity contribution in [2.24, 2.45) is 62.6 Å². The molecule has 4 aromatic heterocycles. The summed E-state index contributed by atoms with van der Waals surface area (Å²) in [6.45, 7) is 27.7. The molecule has 4 heterocycles. The van der Waals surface area contributed by atoms with Crippen LogP contribution < -0.4 is 27.8 Å². The molecule has 0 saturated heterocycles. The molecule has 9 aromatic rings. The monoisotopic (exact) mass is 1550 g/mol. The van der Waals surface area contributed by atoms with Gasteiger partial charge in [0.2, 0.25) is 0 Å². The van der Waals surface area contributed by atoms with Gasteiger partial charge in [0.1, 0.15) is 28.5 Å². The SMILES string of the molecule is C.C.C=Cc1ccc2cc(C)cc([N+](=O)[O-])c2n1.CC.CC=O.CN(C)CCN.Cc1cc(N)c2nc(CCNCCN(C)C)ccc2c1.Cc1cc([N+](=O)[O-])c2nc(C)ccc2c1.Cc1cc([N+](=O)[O-])c2nc(CCNCCN(C)C)ccc2c1.Cc1ccc(N)c([N+](=O)[O-])c1.N=N/N=N/N=N/N=N/N=N/N=NCl.[2H][3H]. The number of aromatic nitrogens is 4. The smallest absolute Gasteiger partial charge is 0.295 e. The zero-order valence-corrected chi connectivity index (χ0v) is 64.3. The number of pyridine rings is 4. The van der Waals surface area contributed by atoms with E-state index < -0.39 is 9.85 Å². The summed E-state index contributed by atoms with van der Waals surface area (Å²) in [6, 6.07) is 34.6. The fraction of sp³-hybridized carbons (Fsp3) is 0.375. The molecule has 0 bridgehead atoms. The maximum atomic E-state index is 11.2. The van der Waals surface area contributed by atoms with Crippen molar-refractivity contribution < 1.29 is 27.5 Å². The van der Waals surface area contributed by atoms with Crippen molar-refractivity contribution in [1.82, 2.24) is 45.3 Å². The van der Waals surface area contributed by atoms with Gasteiger partial charge in [-0.25, -0.2) is 15.0 Å². The average molecular weight is 1550 g/mol. The number of anilines is 2. The van der Waals surface area contributed by atoms with E-state index in [1.807, 2.05) is 124 Å². The number of nitrogens with two attached hydrogens (primary N) is 3. The number of nitro groups is 4. The van der Waals surface area contributed by atoms with Crippen LogP contribution in [0.2, 0.25) is 0 Å². The van der Waals surface area contributed by atoms with Gasteiger partial charge in [-0.15, -0.1) is 0 Å². The Morgan fingerprint density at radius 2 is 0.855 bits per heavy atom. The molecule has 0 atom stereocenters. The molecule has 0 spiro atoms. The van der Waals surface area contributed by atoms with E-state index in [-0.39, 0.29) is 53.1 Å². The molecule has 9 rings (SSSR count). The number of fused-ring (bicyclic) bond motifs is 4. The Balaban J connectivity index is -0.00000124. The summed E-state index contributed by atoms with van der Waals surface area (Å²) in [5.74, 6) is 0. The molecule has 110 heavy (non-hydrogen) atoms. The minimum Gasteiger partial charge on any atom is -0.397 e. The molecule has 0 fully saturated rings. The number of nitro benzene ring substituents is 4. The average Bonchev–Trinajstić information content (AvgIpc) is 0.782. The lowest BCUT2D eigenvalue weighted by Gasteiger charge is -2.10. The van der Waals surface area contributed by atoms with Crippen molar-refractivity contribution in [1.29, 1.82) is 5.53 Å². The highest BCUT2D eigenvalue weighted by Gasteiger charge is 2.17. The van der Waals surface area contributed by atoms with Crippen molar-refractivity contribution >= 4 is 102 Å². The van der Waals surface area contributed by atoms with Crippen LogP contribution in [0, 0.1) is 87.5 Å². The van der Waals surface area contributed by atoms with Gasteiger partial charge in [0, 0.05) is 131 Å². The number of carbonyl (C=O) groups is 1. The molecule has 0 amide bonds. The number of rotatable bonds is 24. The molecular weight excluding hydrogens is 1440 g/mol. The van der Waals surface area contributed by atoms with Crippen LogP contribution in [0.25, 0.3) is 49.7 Å². The summed E-state index contributed by atoms with van der Waals surface area (Å²) >= 11 is 4.73. The third kappa shape index (κ3) is 39.6. The molecule has 37 nitrogen and oxygen atoms in total. The largest absolute Gasteiger partial charge is 0.397 e. The Morgan fingerprint density at radius 1 is 0.500 bits per heavy atom. The summed E-state index contributed by atoms with van der Waals surface area (Å²) in [5.41, 5.74) is 34.1. The summed E-state index contributed by atoms with van der Waals surface area (Å²) in [7, 11) is 12.2. The van der Waals surface area contributed by atoms with Gasteiger partial charge in [-0.05, 0) is 238 Å². The third-order valence-electron chi connectivity index (χ3n) is 13.7. The summed E-state index contributed by atoms with van der Waals surface area (Å²) in [5, 5.41) is 82.1. The fourth-order valence-electron chi connectivity index (χ4n) is 9.03. The van der Waals surface area contributed by atoms with Crippen LogP contribution in [-0.2, 0) is 17.6 Å². The first-order valence-corrected chi connectivity index (χ1v) is 33.6. The molecule has 0 aliphatic heterocycles. The van der Waals surface area contributed by atoms with E-state index in [9.17, 15) is 40.5 Å². The van der Waals surface area contributed by atoms with Crippen LogP contribution in [-0.4, -0.2) is 155 Å². The van der Waals surface area contributed by atoms with E-state index in [1.54, 1.807) is 37.3 Å². The number of nitrogen functional groups attached to an aromatic ring is 2. The second-order valence-corrected chi connectivity index (χ2v) is 23.6. The normalized spacial score (nSPS) is 10.6. The van der Waals surface area contributed by atoms with Crippen molar-refractivity contribution in [3.05, 3.63) is 213 Å². The second-order valence-electron chi connectivity index (χ2n) is 23.5. The van der Waals surface area contributed by atoms with Crippen LogP contribution in [0.1, 0.15) is 89.2 Å². The van der Waals surface area contributed by atoms with Gasteiger partial charge in [-0.1, -0.05) is 70.2 Å². The van der Waals surface area contributed by atoms with Gasteiger partial charge in [0.15, 0.2) is 0 Å². The summed E-state index contributed by atoms with van der Waals surface area (Å²) in [6.07, 6.45) is 4.01. The van der Waals surface area contributed by atoms with Crippen molar-refractivity contribution in [3.63, 3.8) is 0 Å². The number of halogens is 1. The van der Waals surface area contributed by atoms with Gasteiger partial charge < -0.3 is 47.3 Å². The van der Waals surface area contributed by atoms with Crippen LogP contribution >= 0.6 is 11.8 Å². The standard InChI is InChI=1S/C16H22N4O2.C16H24N4.C12H10N2O2.C11H10N2O2.C7H8N2O2.C4H12N2.C2H4O.C2H6.2CH4.ClHN12.H2/c1-12-10-13-4-5-14(6-7-17-8-9-19(2)3)18-16(13)15(11-12)20(21)22;1-12-10-13-4-5-14(19-16(13)15(17)11-12)6-7-18-8-9-20(2)3;1-3-10-5-4-9-6-8(2)7-11(14(15)16)12(9)13-10;1-7-5-9-4-3-8(2)12-11(9)10(6-7)13(14)15;1-5-2-3-6(8)7(4-5)9(10)11;1-6(2)4-3-5;1-2-3;1-2;;;1-3-5-7-9-11-13-12-10-8-6-4-2;/h4-5,10-11,17H,6-9H2,1-3H3;4-5,10-11,18H,6-9,17H2,1-3H3;3-7H,1H2,2H3;3-6H,1-2H3;2-4H,8H2,1H3;3-5H2,1-2H3;2H,1H3;1-2H3;2*1H4;2H;1H/b;;;;;;;;;;4-2?,5-3?,8-6+,9-7+,12-10+,13-11+;/i;;;;;;;;;;;1+2D. The summed E-state index contributed by atoms with van der Waals surface area (Å²) in [4.78, 5) is 74.3. The zero-order chi connectivity index (χ0) is 83.3. The summed E-state index contributed by atoms with van der Waals surface area (Å²) < 4.78 is 12.7.